The van der Waals surface area contributed by atoms with E-state index in [4.69, 9.17) is 11.6 Å². The first kappa shape index (κ1) is 18.9. The number of H-pyrrole nitrogens is 1. The fourth-order valence-corrected chi connectivity index (χ4v) is 5.09. The first-order valence-electron chi connectivity index (χ1n) is 7.93. The molecule has 0 spiro atoms. The Bertz CT molecular complexity index is 1040. The molecule has 0 aliphatic heterocycles. The molecule has 3 rings (SSSR count). The predicted octanol–water partition coefficient (Wildman–Crippen LogP) is 2.83. The molecule has 0 aliphatic rings. The maximum Gasteiger partial charge on any atom is 0.250 e. The minimum Gasteiger partial charge on any atom is -0.361 e. The Morgan fingerprint density at radius 3 is 2.81 bits per heavy atom. The number of sulfonamides is 1. The number of benzene rings is 1. The van der Waals surface area contributed by atoms with Gasteiger partial charge in [-0.15, -0.1) is 11.3 Å². The minimum absolute atomic E-state index is 0.0874. The van der Waals surface area contributed by atoms with Gasteiger partial charge in [-0.3, -0.25) is 4.79 Å². The molecule has 26 heavy (non-hydrogen) atoms. The molecule has 6 nitrogen and oxygen atoms in total. The summed E-state index contributed by atoms with van der Waals surface area (Å²) >= 11 is 6.69. The zero-order valence-electron chi connectivity index (χ0n) is 14.0. The van der Waals surface area contributed by atoms with Gasteiger partial charge in [0.2, 0.25) is 5.91 Å². The lowest BCUT2D eigenvalue weighted by Crippen LogP contribution is -2.37. The molecule has 1 amide bonds. The molecule has 0 bridgehead atoms. The van der Waals surface area contributed by atoms with E-state index in [0.717, 1.165) is 27.8 Å². The van der Waals surface area contributed by atoms with Gasteiger partial charge in [-0.25, -0.2) is 13.1 Å². The van der Waals surface area contributed by atoms with Crippen molar-refractivity contribution in [2.75, 3.05) is 13.1 Å². The maximum absolute atomic E-state index is 12.0. The van der Waals surface area contributed by atoms with E-state index in [1.165, 1.54) is 17.7 Å². The lowest BCUT2D eigenvalue weighted by atomic mass is 10.1. The zero-order valence-corrected chi connectivity index (χ0v) is 16.4. The molecule has 2 heterocycles. The van der Waals surface area contributed by atoms with Crippen LogP contribution in [0.25, 0.3) is 10.9 Å². The standard InChI is InChI=1S/C17H18ClN3O3S2/c1-11-2-3-13-12(9-20-14(13)8-11)6-7-19-16(22)10-21-26(23,24)17-5-4-15(18)25-17/h2-5,8-9,20-21H,6-7,10H2,1H3,(H,19,22). The SMILES string of the molecule is Cc1ccc2c(CCNC(=O)CNS(=O)(=O)c3ccc(Cl)s3)c[nH]c2c1. The van der Waals surface area contributed by atoms with Crippen LogP contribution >= 0.6 is 22.9 Å². The highest BCUT2D eigenvalue weighted by atomic mass is 35.5. The van der Waals surface area contributed by atoms with E-state index >= 15 is 0 Å². The van der Waals surface area contributed by atoms with E-state index in [1.54, 1.807) is 0 Å². The number of hydrogen-bond acceptors (Lipinski definition) is 4. The average molecular weight is 412 g/mol. The fraction of sp³-hybridized carbons (Fsp3) is 0.235. The molecule has 0 radical (unpaired) electrons. The van der Waals surface area contributed by atoms with Crippen LogP contribution in [0.5, 0.6) is 0 Å². The van der Waals surface area contributed by atoms with Crippen LogP contribution in [0.4, 0.5) is 0 Å². The van der Waals surface area contributed by atoms with E-state index in [-0.39, 0.29) is 16.7 Å². The van der Waals surface area contributed by atoms with Gasteiger partial charge in [-0.1, -0.05) is 23.7 Å². The van der Waals surface area contributed by atoms with Gasteiger partial charge in [0.05, 0.1) is 10.9 Å². The van der Waals surface area contributed by atoms with Crippen molar-refractivity contribution < 1.29 is 13.2 Å². The predicted molar refractivity (Wildman–Crippen MR) is 104 cm³/mol. The van der Waals surface area contributed by atoms with Crippen LogP contribution in [0, 0.1) is 6.92 Å². The Morgan fingerprint density at radius 2 is 2.08 bits per heavy atom. The van der Waals surface area contributed by atoms with Crippen molar-refractivity contribution >= 4 is 49.8 Å². The summed E-state index contributed by atoms with van der Waals surface area (Å²) in [6.07, 6.45) is 2.58. The van der Waals surface area contributed by atoms with Gasteiger partial charge < -0.3 is 10.3 Å². The van der Waals surface area contributed by atoms with Crippen LogP contribution in [0.1, 0.15) is 11.1 Å². The summed E-state index contributed by atoms with van der Waals surface area (Å²) in [5.41, 5.74) is 3.35. The molecule has 1 aromatic carbocycles. The molecule has 0 saturated carbocycles. The molecule has 138 valence electrons. The number of thiophene rings is 1. The quantitative estimate of drug-likeness (QED) is 0.558. The average Bonchev–Trinajstić information content (AvgIpc) is 3.20. The van der Waals surface area contributed by atoms with E-state index in [2.05, 4.69) is 27.2 Å². The second-order valence-corrected chi connectivity index (χ2v) is 9.55. The molecule has 0 aliphatic carbocycles. The van der Waals surface area contributed by atoms with Crippen LogP contribution < -0.4 is 10.0 Å². The van der Waals surface area contributed by atoms with E-state index in [1.807, 2.05) is 19.2 Å². The molecule has 0 atom stereocenters. The number of aromatic nitrogens is 1. The van der Waals surface area contributed by atoms with Crippen molar-refractivity contribution in [2.24, 2.45) is 0 Å². The number of aromatic amines is 1. The summed E-state index contributed by atoms with van der Waals surface area (Å²) in [6, 6.07) is 9.08. The van der Waals surface area contributed by atoms with Crippen LogP contribution in [-0.4, -0.2) is 32.4 Å². The first-order chi connectivity index (χ1) is 12.3. The van der Waals surface area contributed by atoms with Gasteiger partial charge in [-0.2, -0.15) is 0 Å². The smallest absolute Gasteiger partial charge is 0.250 e. The van der Waals surface area contributed by atoms with Crippen LogP contribution in [0.2, 0.25) is 4.34 Å². The van der Waals surface area contributed by atoms with Crippen LogP contribution in [-0.2, 0) is 21.2 Å². The number of amides is 1. The largest absolute Gasteiger partial charge is 0.361 e. The minimum atomic E-state index is -3.72. The molecule has 0 fully saturated rings. The summed E-state index contributed by atoms with van der Waals surface area (Å²) in [7, 11) is -3.72. The molecular formula is C17H18ClN3O3S2. The highest BCUT2D eigenvalue weighted by Gasteiger charge is 2.17. The number of aryl methyl sites for hydroxylation is 1. The van der Waals surface area contributed by atoms with E-state index in [0.29, 0.717) is 17.3 Å². The number of nitrogens with one attached hydrogen (secondary N) is 3. The second kappa shape index (κ2) is 7.79. The van der Waals surface area contributed by atoms with Crippen molar-refractivity contribution in [3.8, 4) is 0 Å². The van der Waals surface area contributed by atoms with Gasteiger partial charge >= 0.3 is 0 Å². The van der Waals surface area contributed by atoms with Crippen LogP contribution in [0.15, 0.2) is 40.7 Å². The van der Waals surface area contributed by atoms with E-state index in [9.17, 15) is 13.2 Å². The lowest BCUT2D eigenvalue weighted by molar-refractivity contribution is -0.119. The van der Waals surface area contributed by atoms with Gasteiger partial charge in [0.15, 0.2) is 0 Å². The fourth-order valence-electron chi connectivity index (χ4n) is 2.58. The van der Waals surface area contributed by atoms with Crippen molar-refractivity contribution in [3.63, 3.8) is 0 Å². The third-order valence-electron chi connectivity index (χ3n) is 3.88. The summed E-state index contributed by atoms with van der Waals surface area (Å²) in [6.45, 7) is 2.14. The third-order valence-corrected chi connectivity index (χ3v) is 7.00. The molecule has 2 aromatic heterocycles. The Hall–Kier alpha value is -1.87. The number of fused-ring (bicyclic) bond motifs is 1. The Balaban J connectivity index is 1.49. The topological polar surface area (TPSA) is 91.1 Å². The number of carbonyl (C=O) groups is 1. The molecule has 3 aromatic rings. The van der Waals surface area contributed by atoms with Gasteiger partial charge in [-0.05, 0) is 42.7 Å². The number of halogens is 1. The van der Waals surface area contributed by atoms with Crippen molar-refractivity contribution in [1.82, 2.24) is 15.0 Å². The van der Waals surface area contributed by atoms with Crippen molar-refractivity contribution in [2.45, 2.75) is 17.6 Å². The summed E-state index contributed by atoms with van der Waals surface area (Å²) in [4.78, 5) is 15.1. The number of rotatable bonds is 7. The van der Waals surface area contributed by atoms with Gasteiger partial charge in [0.1, 0.15) is 4.21 Å². The first-order valence-corrected chi connectivity index (χ1v) is 10.6. The van der Waals surface area contributed by atoms with E-state index < -0.39 is 10.0 Å². The summed E-state index contributed by atoms with van der Waals surface area (Å²) < 4.78 is 26.8. The number of hydrogen-bond donors (Lipinski definition) is 3. The highest BCUT2D eigenvalue weighted by Crippen LogP contribution is 2.25. The molecule has 0 unspecified atom stereocenters. The van der Waals surface area contributed by atoms with Crippen molar-refractivity contribution in [3.05, 3.63) is 52.0 Å². The Kier molecular flexibility index (Phi) is 5.67. The highest BCUT2D eigenvalue weighted by molar-refractivity contribution is 7.91. The molecule has 9 heteroatoms. The third kappa shape index (κ3) is 4.45. The molecule has 0 saturated heterocycles. The summed E-state index contributed by atoms with van der Waals surface area (Å²) in [5.74, 6) is -0.382. The molecule has 3 N–H and O–H groups in total. The lowest BCUT2D eigenvalue weighted by Gasteiger charge is -2.06. The molecular weight excluding hydrogens is 394 g/mol. The van der Waals surface area contributed by atoms with Crippen molar-refractivity contribution in [1.29, 1.82) is 0 Å². The zero-order chi connectivity index (χ0) is 18.7. The van der Waals surface area contributed by atoms with Gasteiger partial charge in [0, 0.05) is 23.6 Å². The Labute approximate surface area is 160 Å². The normalized spacial score (nSPS) is 11.8. The Morgan fingerprint density at radius 1 is 1.27 bits per heavy atom. The number of carbonyl (C=O) groups excluding carboxylic acids is 1. The summed E-state index contributed by atoms with van der Waals surface area (Å²) in [5, 5.41) is 3.85. The maximum atomic E-state index is 12.0. The van der Waals surface area contributed by atoms with Gasteiger partial charge in [0.25, 0.3) is 10.0 Å². The monoisotopic (exact) mass is 411 g/mol. The van der Waals surface area contributed by atoms with Crippen LogP contribution in [0.3, 0.4) is 0 Å². The second-order valence-electron chi connectivity index (χ2n) is 5.85.